The van der Waals surface area contributed by atoms with E-state index < -0.39 is 11.6 Å². The Balaban J connectivity index is 2.09. The summed E-state index contributed by atoms with van der Waals surface area (Å²) in [5.41, 5.74) is 1.49. The number of hydrogen-bond acceptors (Lipinski definition) is 3. The minimum Gasteiger partial charge on any atom is -0.507 e. The van der Waals surface area contributed by atoms with E-state index in [4.69, 9.17) is 0 Å². The van der Waals surface area contributed by atoms with Gasteiger partial charge in [-0.1, -0.05) is 64.5 Å². The molecule has 108 valence electrons. The Bertz CT molecular complexity index is 847. The van der Waals surface area contributed by atoms with Gasteiger partial charge in [-0.25, -0.2) is 0 Å². The summed E-state index contributed by atoms with van der Waals surface area (Å²) in [5, 5.41) is 10.3. The molecule has 0 aliphatic heterocycles. The molecular weight excluding hydrogens is 344 g/mol. The minimum atomic E-state index is -0.695. The van der Waals surface area contributed by atoms with E-state index in [9.17, 15) is 14.7 Å². The van der Waals surface area contributed by atoms with Crippen LogP contribution in [-0.2, 0) is 4.79 Å². The first-order chi connectivity index (χ1) is 10.6. The van der Waals surface area contributed by atoms with Gasteiger partial charge in [0, 0.05) is 15.6 Å². The van der Waals surface area contributed by atoms with Crippen LogP contribution in [0.15, 0.2) is 64.7 Å². The SMILES string of the molecule is O=C1C(=O)c2ccccc2C(O)=C1/C=C/c1ccccc1Br. The van der Waals surface area contributed by atoms with Crippen molar-refractivity contribution in [3.63, 3.8) is 0 Å². The number of halogens is 1. The summed E-state index contributed by atoms with van der Waals surface area (Å²) in [6.45, 7) is 0. The lowest BCUT2D eigenvalue weighted by Gasteiger charge is -2.15. The van der Waals surface area contributed by atoms with Crippen LogP contribution in [0, 0.1) is 0 Å². The summed E-state index contributed by atoms with van der Waals surface area (Å²) in [7, 11) is 0. The molecule has 0 saturated carbocycles. The molecule has 0 amide bonds. The number of Topliss-reactive ketones (excluding diaryl/α,β-unsaturated/α-hetero) is 2. The third kappa shape index (κ3) is 2.42. The number of benzene rings is 2. The molecule has 1 N–H and O–H groups in total. The van der Waals surface area contributed by atoms with Crippen molar-refractivity contribution >= 4 is 39.3 Å². The number of allylic oxidation sites excluding steroid dienone is 2. The molecule has 0 heterocycles. The fourth-order valence-electron chi connectivity index (χ4n) is 2.32. The predicted molar refractivity (Wildman–Crippen MR) is 88.5 cm³/mol. The van der Waals surface area contributed by atoms with Gasteiger partial charge in [-0.05, 0) is 17.7 Å². The lowest BCUT2D eigenvalue weighted by atomic mass is 9.88. The third-order valence-corrected chi connectivity index (χ3v) is 4.19. The first-order valence-electron chi connectivity index (χ1n) is 6.64. The van der Waals surface area contributed by atoms with Crippen LogP contribution >= 0.6 is 15.9 Å². The van der Waals surface area contributed by atoms with E-state index in [2.05, 4.69) is 15.9 Å². The van der Waals surface area contributed by atoms with E-state index in [1.54, 1.807) is 30.3 Å². The Hall–Kier alpha value is -2.46. The zero-order chi connectivity index (χ0) is 15.7. The van der Waals surface area contributed by atoms with E-state index >= 15 is 0 Å². The summed E-state index contributed by atoms with van der Waals surface area (Å²) in [6.07, 6.45) is 3.17. The number of rotatable bonds is 2. The highest BCUT2D eigenvalue weighted by molar-refractivity contribution is 9.10. The van der Waals surface area contributed by atoms with Crippen LogP contribution in [0.2, 0.25) is 0 Å². The molecule has 0 fully saturated rings. The number of aliphatic hydroxyl groups is 1. The van der Waals surface area contributed by atoms with Crippen LogP contribution < -0.4 is 0 Å². The first-order valence-corrected chi connectivity index (χ1v) is 7.43. The molecule has 2 aromatic rings. The Labute approximate surface area is 135 Å². The van der Waals surface area contributed by atoms with E-state index in [1.807, 2.05) is 24.3 Å². The number of carbonyl (C=O) groups is 2. The normalized spacial score (nSPS) is 14.6. The van der Waals surface area contributed by atoms with Crippen molar-refractivity contribution < 1.29 is 14.7 Å². The van der Waals surface area contributed by atoms with Gasteiger partial charge in [0.2, 0.25) is 11.6 Å². The van der Waals surface area contributed by atoms with Gasteiger partial charge >= 0.3 is 0 Å². The largest absolute Gasteiger partial charge is 0.507 e. The van der Waals surface area contributed by atoms with Crippen molar-refractivity contribution in [1.29, 1.82) is 0 Å². The van der Waals surface area contributed by atoms with Gasteiger partial charge in [-0.3, -0.25) is 9.59 Å². The molecular formula is C18H11BrO3. The number of hydrogen-bond donors (Lipinski definition) is 1. The highest BCUT2D eigenvalue weighted by Gasteiger charge is 2.31. The molecule has 0 radical (unpaired) electrons. The van der Waals surface area contributed by atoms with E-state index in [1.165, 1.54) is 6.08 Å². The molecule has 4 heteroatoms. The summed E-state index contributed by atoms with van der Waals surface area (Å²) in [6, 6.07) is 14.0. The van der Waals surface area contributed by atoms with Crippen LogP contribution in [-0.4, -0.2) is 16.7 Å². The fraction of sp³-hybridized carbons (Fsp3) is 0. The highest BCUT2D eigenvalue weighted by atomic mass is 79.9. The summed E-state index contributed by atoms with van der Waals surface area (Å²) in [4.78, 5) is 24.3. The van der Waals surface area contributed by atoms with E-state index in [0.29, 0.717) is 5.56 Å². The van der Waals surface area contributed by atoms with Crippen LogP contribution in [0.25, 0.3) is 11.8 Å². The van der Waals surface area contributed by atoms with Crippen LogP contribution in [0.3, 0.4) is 0 Å². The second-order valence-electron chi connectivity index (χ2n) is 4.82. The second-order valence-corrected chi connectivity index (χ2v) is 5.68. The van der Waals surface area contributed by atoms with Gasteiger partial charge in [0.1, 0.15) is 5.76 Å². The zero-order valence-corrected chi connectivity index (χ0v) is 13.0. The molecule has 22 heavy (non-hydrogen) atoms. The fourth-order valence-corrected chi connectivity index (χ4v) is 2.74. The Morgan fingerprint density at radius 1 is 0.818 bits per heavy atom. The summed E-state index contributed by atoms with van der Waals surface area (Å²) in [5.74, 6) is -1.46. The van der Waals surface area contributed by atoms with Gasteiger partial charge in [0.25, 0.3) is 0 Å². The van der Waals surface area contributed by atoms with Crippen LogP contribution in [0.5, 0.6) is 0 Å². The van der Waals surface area contributed by atoms with Crippen molar-refractivity contribution in [3.05, 3.63) is 81.3 Å². The Morgan fingerprint density at radius 3 is 2.18 bits per heavy atom. The minimum absolute atomic E-state index is 0.0134. The van der Waals surface area contributed by atoms with Crippen LogP contribution in [0.1, 0.15) is 21.5 Å². The van der Waals surface area contributed by atoms with Crippen molar-refractivity contribution in [2.24, 2.45) is 0 Å². The number of ketones is 2. The molecule has 1 aliphatic carbocycles. The smallest absolute Gasteiger partial charge is 0.237 e. The molecule has 1 aliphatic rings. The molecule has 3 nitrogen and oxygen atoms in total. The maximum Gasteiger partial charge on any atom is 0.237 e. The first kappa shape index (κ1) is 14.5. The summed E-state index contributed by atoms with van der Waals surface area (Å²) >= 11 is 3.41. The standard InChI is InChI=1S/C18H11BrO3/c19-15-8-4-1-5-11(15)9-10-14-16(20)12-6-2-3-7-13(12)17(21)18(14)22/h1-10,20H/b10-9+. The van der Waals surface area contributed by atoms with Crippen molar-refractivity contribution in [2.45, 2.75) is 0 Å². The molecule has 0 bridgehead atoms. The van der Waals surface area contributed by atoms with Gasteiger partial charge in [0.05, 0.1) is 5.57 Å². The highest BCUT2D eigenvalue weighted by Crippen LogP contribution is 2.29. The second kappa shape index (κ2) is 5.73. The van der Waals surface area contributed by atoms with E-state index in [0.717, 1.165) is 10.0 Å². The van der Waals surface area contributed by atoms with Crippen molar-refractivity contribution in [2.75, 3.05) is 0 Å². The average Bonchev–Trinajstić information content (AvgIpc) is 2.54. The van der Waals surface area contributed by atoms with Crippen LogP contribution in [0.4, 0.5) is 0 Å². The number of carbonyl (C=O) groups excluding carboxylic acids is 2. The topological polar surface area (TPSA) is 54.4 Å². The molecule has 0 saturated heterocycles. The van der Waals surface area contributed by atoms with E-state index in [-0.39, 0.29) is 16.9 Å². The molecule has 0 atom stereocenters. The van der Waals surface area contributed by atoms with Gasteiger partial charge in [0.15, 0.2) is 0 Å². The molecule has 2 aromatic carbocycles. The molecule has 3 rings (SSSR count). The summed E-state index contributed by atoms with van der Waals surface area (Å²) < 4.78 is 0.862. The lowest BCUT2D eigenvalue weighted by Crippen LogP contribution is -2.23. The maximum atomic E-state index is 12.2. The van der Waals surface area contributed by atoms with Gasteiger partial charge < -0.3 is 5.11 Å². The number of fused-ring (bicyclic) bond motifs is 1. The quantitative estimate of drug-likeness (QED) is 0.822. The maximum absolute atomic E-state index is 12.2. The van der Waals surface area contributed by atoms with Gasteiger partial charge in [-0.2, -0.15) is 0 Å². The Kier molecular flexibility index (Phi) is 3.77. The average molecular weight is 355 g/mol. The number of aliphatic hydroxyl groups excluding tert-OH is 1. The van der Waals surface area contributed by atoms with Crippen molar-refractivity contribution in [1.82, 2.24) is 0 Å². The Morgan fingerprint density at radius 2 is 1.45 bits per heavy atom. The molecule has 0 spiro atoms. The van der Waals surface area contributed by atoms with Crippen molar-refractivity contribution in [3.8, 4) is 0 Å². The lowest BCUT2D eigenvalue weighted by molar-refractivity contribution is -0.111. The monoisotopic (exact) mass is 354 g/mol. The molecule has 0 unspecified atom stereocenters. The van der Waals surface area contributed by atoms with Gasteiger partial charge in [-0.15, -0.1) is 0 Å². The predicted octanol–water partition coefficient (Wildman–Crippen LogP) is 4.20. The third-order valence-electron chi connectivity index (χ3n) is 3.47. The zero-order valence-electron chi connectivity index (χ0n) is 11.4. The molecule has 0 aromatic heterocycles.